The number of hydrazone groups is 1. The van der Waals surface area contributed by atoms with Gasteiger partial charge in [0.1, 0.15) is 0 Å². The molecule has 0 saturated heterocycles. The summed E-state index contributed by atoms with van der Waals surface area (Å²) in [5.41, 5.74) is 3.06. The predicted octanol–water partition coefficient (Wildman–Crippen LogP) is 3.53. The quantitative estimate of drug-likeness (QED) is 0.189. The van der Waals surface area contributed by atoms with Crippen molar-refractivity contribution in [2.24, 2.45) is 5.10 Å². The number of methoxy groups -OCH3 is 1. The number of carbonyl (C=O) groups is 3. The second-order valence-corrected chi connectivity index (χ2v) is 7.95. The fraction of sp³-hybridized carbons (Fsp3) is 0.143. The maximum atomic E-state index is 12.2. The molecule has 0 aromatic heterocycles. The lowest BCUT2D eigenvalue weighted by Gasteiger charge is -2.13. The number of hydrogen-bond donors (Lipinski definition) is 3. The molecule has 2 aromatic rings. The van der Waals surface area contributed by atoms with E-state index in [1.807, 2.05) is 0 Å². The van der Waals surface area contributed by atoms with Crippen LogP contribution in [0.25, 0.3) is 0 Å². The van der Waals surface area contributed by atoms with Crippen LogP contribution < -0.4 is 25.5 Å². The second-order valence-electron chi connectivity index (χ2n) is 6.23. The summed E-state index contributed by atoms with van der Waals surface area (Å²) < 4.78 is 11.4. The molecule has 33 heavy (non-hydrogen) atoms. The minimum atomic E-state index is -0.925. The van der Waals surface area contributed by atoms with E-state index in [0.29, 0.717) is 31.5 Å². The molecule has 2 aromatic carbocycles. The third kappa shape index (κ3) is 8.41. The van der Waals surface area contributed by atoms with Gasteiger partial charge in [-0.15, -0.1) is 6.58 Å². The van der Waals surface area contributed by atoms with E-state index in [0.717, 1.165) is 0 Å². The largest absolute Gasteiger partial charge is 0.493 e. The summed E-state index contributed by atoms with van der Waals surface area (Å²) in [6.45, 7) is 3.28. The Morgan fingerprint density at radius 3 is 2.45 bits per heavy atom. The Kier molecular flexibility index (Phi) is 10.2. The third-order valence-electron chi connectivity index (χ3n) is 3.74. The molecule has 0 heterocycles. The average molecular weight is 558 g/mol. The van der Waals surface area contributed by atoms with Crippen LogP contribution in [0.5, 0.6) is 11.5 Å². The number of halogens is 3. The molecule has 0 radical (unpaired) electrons. The zero-order valence-corrected chi connectivity index (χ0v) is 20.4. The molecule has 2 rings (SSSR count). The molecular formula is C21H19BrCl2N4O5. The lowest BCUT2D eigenvalue weighted by Crippen LogP contribution is -2.37. The van der Waals surface area contributed by atoms with E-state index in [1.165, 1.54) is 19.4 Å². The van der Waals surface area contributed by atoms with Gasteiger partial charge in [0.15, 0.2) is 18.1 Å². The van der Waals surface area contributed by atoms with Crippen LogP contribution >= 0.6 is 39.1 Å². The molecule has 0 bridgehead atoms. The smallest absolute Gasteiger partial charge is 0.329 e. The fourth-order valence-electron chi connectivity index (χ4n) is 2.38. The first-order chi connectivity index (χ1) is 15.7. The standard InChI is InChI=1S/C21H19BrCl2N4O5/c1-3-4-25-20(30)21(31)28-26-10-12-5-16(22)19(17(6-12)32-2)33-11-18(29)27-15-8-13(23)7-14(24)9-15/h3,5-10H,1,4,11H2,2H3,(H,25,30)(H,27,29)(H,28,31)/b26-10+. The van der Waals surface area contributed by atoms with E-state index >= 15 is 0 Å². The van der Waals surface area contributed by atoms with Crippen LogP contribution in [-0.2, 0) is 14.4 Å². The highest BCUT2D eigenvalue weighted by atomic mass is 79.9. The van der Waals surface area contributed by atoms with Gasteiger partial charge in [-0.25, -0.2) is 5.43 Å². The molecule has 0 aliphatic rings. The Hall–Kier alpha value is -3.08. The van der Waals surface area contributed by atoms with Gasteiger partial charge >= 0.3 is 11.8 Å². The van der Waals surface area contributed by atoms with Crippen molar-refractivity contribution in [3.8, 4) is 11.5 Å². The Balaban J connectivity index is 2.01. The first kappa shape index (κ1) is 26.2. The summed E-state index contributed by atoms with van der Waals surface area (Å²) in [6.07, 6.45) is 2.75. The highest BCUT2D eigenvalue weighted by Gasteiger charge is 2.14. The summed E-state index contributed by atoms with van der Waals surface area (Å²) in [7, 11) is 1.43. The number of nitrogens with zero attached hydrogens (tertiary/aromatic N) is 1. The van der Waals surface area contributed by atoms with E-state index in [4.69, 9.17) is 32.7 Å². The van der Waals surface area contributed by atoms with E-state index < -0.39 is 17.7 Å². The zero-order chi connectivity index (χ0) is 24.4. The lowest BCUT2D eigenvalue weighted by molar-refractivity contribution is -0.139. The fourth-order valence-corrected chi connectivity index (χ4v) is 3.48. The predicted molar refractivity (Wildman–Crippen MR) is 130 cm³/mol. The van der Waals surface area contributed by atoms with Crippen molar-refractivity contribution < 1.29 is 23.9 Å². The maximum Gasteiger partial charge on any atom is 0.329 e. The summed E-state index contributed by atoms with van der Waals surface area (Å²) in [5, 5.41) is 9.47. The molecule has 0 saturated carbocycles. The minimum absolute atomic E-state index is 0.159. The highest BCUT2D eigenvalue weighted by molar-refractivity contribution is 9.10. The van der Waals surface area contributed by atoms with Crippen molar-refractivity contribution in [2.75, 3.05) is 25.6 Å². The zero-order valence-electron chi connectivity index (χ0n) is 17.3. The van der Waals surface area contributed by atoms with Crippen molar-refractivity contribution in [3.05, 3.63) is 63.1 Å². The van der Waals surface area contributed by atoms with Crippen molar-refractivity contribution in [1.82, 2.24) is 10.7 Å². The molecule has 174 valence electrons. The van der Waals surface area contributed by atoms with Crippen LogP contribution in [0.15, 0.2) is 52.6 Å². The number of hydrogen-bond acceptors (Lipinski definition) is 6. The highest BCUT2D eigenvalue weighted by Crippen LogP contribution is 2.36. The Morgan fingerprint density at radius 1 is 1.12 bits per heavy atom. The number of nitrogens with one attached hydrogen (secondary N) is 3. The molecule has 3 amide bonds. The summed E-state index contributed by atoms with van der Waals surface area (Å²) in [6, 6.07) is 7.85. The molecule has 3 N–H and O–H groups in total. The second kappa shape index (κ2) is 12.8. The van der Waals surface area contributed by atoms with Gasteiger partial charge in [-0.1, -0.05) is 29.3 Å². The topological polar surface area (TPSA) is 118 Å². The van der Waals surface area contributed by atoms with Gasteiger partial charge < -0.3 is 20.1 Å². The van der Waals surface area contributed by atoms with Crippen LogP contribution in [0, 0.1) is 0 Å². The van der Waals surface area contributed by atoms with Crippen molar-refractivity contribution in [2.45, 2.75) is 0 Å². The number of amides is 3. The summed E-state index contributed by atoms with van der Waals surface area (Å²) >= 11 is 15.2. The first-order valence-corrected chi connectivity index (χ1v) is 10.8. The number of benzene rings is 2. The molecule has 0 unspecified atom stereocenters. The maximum absolute atomic E-state index is 12.2. The monoisotopic (exact) mass is 556 g/mol. The van der Waals surface area contributed by atoms with Gasteiger partial charge in [0.25, 0.3) is 5.91 Å². The van der Waals surface area contributed by atoms with Gasteiger partial charge in [0, 0.05) is 22.3 Å². The van der Waals surface area contributed by atoms with Gasteiger partial charge in [-0.3, -0.25) is 14.4 Å². The first-order valence-electron chi connectivity index (χ1n) is 9.22. The van der Waals surface area contributed by atoms with Crippen LogP contribution in [0.1, 0.15) is 5.56 Å². The Bertz CT molecular complexity index is 1070. The summed E-state index contributed by atoms with van der Waals surface area (Å²) in [4.78, 5) is 35.3. The number of carbonyl (C=O) groups excluding carboxylic acids is 3. The molecule has 12 heteroatoms. The van der Waals surface area contributed by atoms with Crippen LogP contribution in [0.4, 0.5) is 5.69 Å². The van der Waals surface area contributed by atoms with Gasteiger partial charge in [-0.2, -0.15) is 5.10 Å². The van der Waals surface area contributed by atoms with Crippen molar-refractivity contribution in [3.63, 3.8) is 0 Å². The normalized spacial score (nSPS) is 10.4. The third-order valence-corrected chi connectivity index (χ3v) is 4.76. The molecule has 0 aliphatic heterocycles. The Labute approximate surface area is 208 Å². The van der Waals surface area contributed by atoms with E-state index in [1.54, 1.807) is 30.3 Å². The molecular weight excluding hydrogens is 539 g/mol. The van der Waals surface area contributed by atoms with Crippen molar-refractivity contribution >= 4 is 68.8 Å². The van der Waals surface area contributed by atoms with Gasteiger partial charge in [-0.05, 0) is 51.8 Å². The molecule has 0 fully saturated rings. The molecule has 9 nitrogen and oxygen atoms in total. The van der Waals surface area contributed by atoms with Crippen LogP contribution in [0.2, 0.25) is 10.0 Å². The number of ether oxygens (including phenoxy) is 2. The number of anilines is 1. The van der Waals surface area contributed by atoms with E-state index in [-0.39, 0.29) is 18.9 Å². The minimum Gasteiger partial charge on any atom is -0.493 e. The lowest BCUT2D eigenvalue weighted by atomic mass is 10.2. The van der Waals surface area contributed by atoms with E-state index in [9.17, 15) is 14.4 Å². The molecule has 0 spiro atoms. The van der Waals surface area contributed by atoms with Gasteiger partial charge in [0.2, 0.25) is 0 Å². The molecule has 0 aliphatic carbocycles. The number of rotatable bonds is 9. The van der Waals surface area contributed by atoms with Crippen molar-refractivity contribution in [1.29, 1.82) is 0 Å². The Morgan fingerprint density at radius 2 is 1.82 bits per heavy atom. The van der Waals surface area contributed by atoms with Crippen LogP contribution in [0.3, 0.4) is 0 Å². The molecule has 0 atom stereocenters. The van der Waals surface area contributed by atoms with Crippen LogP contribution in [-0.4, -0.2) is 44.2 Å². The SMILES string of the molecule is C=CCNC(=O)C(=O)N/N=C/c1cc(Br)c(OCC(=O)Nc2cc(Cl)cc(Cl)c2)c(OC)c1. The average Bonchev–Trinajstić information content (AvgIpc) is 2.75. The van der Waals surface area contributed by atoms with E-state index in [2.05, 4.69) is 43.7 Å². The summed E-state index contributed by atoms with van der Waals surface area (Å²) in [5.74, 6) is -1.62. The van der Waals surface area contributed by atoms with Gasteiger partial charge in [0.05, 0.1) is 17.8 Å².